The van der Waals surface area contributed by atoms with Gasteiger partial charge in [0.2, 0.25) is 88.6 Å². The second-order valence-electron chi connectivity index (χ2n) is 36.0. The first-order valence-electron chi connectivity index (χ1n) is 44.5. The van der Waals surface area contributed by atoms with Gasteiger partial charge in [-0.25, -0.2) is 0 Å². The van der Waals surface area contributed by atoms with Crippen molar-refractivity contribution < 1.29 is 71.9 Å². The Kier molecular flexibility index (Phi) is 54.5. The second-order valence-corrected chi connectivity index (χ2v) is 36.0. The minimum absolute atomic E-state index is 0.00604. The summed E-state index contributed by atoms with van der Waals surface area (Å²) < 4.78 is 0. The highest BCUT2D eigenvalue weighted by Crippen LogP contribution is 2.23. The van der Waals surface area contributed by atoms with Crippen LogP contribution in [0.4, 0.5) is 0 Å². The summed E-state index contributed by atoms with van der Waals surface area (Å²) in [6, 6.07) is -16.4. The topological polar surface area (TPSA) is 572 Å². The van der Waals surface area contributed by atoms with E-state index in [9.17, 15) is 67.1 Å². The molecule has 0 bridgehead atoms. The Labute approximate surface area is 715 Å². The van der Waals surface area contributed by atoms with Crippen LogP contribution in [0.2, 0.25) is 0 Å². The van der Waals surface area contributed by atoms with E-state index >= 15 is 4.79 Å². The Bertz CT molecular complexity index is 3180. The third-order valence-electron chi connectivity index (χ3n) is 20.5. The molecule has 15 amide bonds. The monoisotopic (exact) mass is 1700 g/mol. The van der Waals surface area contributed by atoms with Crippen LogP contribution in [0.25, 0.3) is 0 Å². The van der Waals surface area contributed by atoms with Crippen molar-refractivity contribution in [2.45, 2.75) is 363 Å². The molecule has 1 saturated heterocycles. The van der Waals surface area contributed by atoms with Crippen molar-refractivity contribution in [3.63, 3.8) is 0 Å². The molecular weight excluding hydrogens is 1540 g/mol. The fraction of sp³-hybridized carbons (Fsp3) is 0.824. The molecule has 0 radical (unpaired) electrons. The lowest BCUT2D eigenvalue weighted by Crippen LogP contribution is -2.61. The highest BCUT2D eigenvalue weighted by molar-refractivity contribution is 6.00. The zero-order valence-electron chi connectivity index (χ0n) is 75.7. The van der Waals surface area contributed by atoms with Crippen molar-refractivity contribution >= 4 is 88.6 Å². The average molecular weight is 1700 g/mol. The number of likely N-dealkylation sites (tertiary alicyclic amines) is 1. The standard InChI is InChI=1S/C85H160N20O15/c1-49(2)41-63(72(91)107)98-74(109)59(30-19-24-36-87)95-78(113)66(44-52(7)8)102-83(118)70(48-56(15)16)104-84(119)71-34-28-40-105(71)85(120)62(33-22-27-39-90)97-80(115)67(45-53(9)10)103-82(117)69(47-55(13)14)100-76(111)61(32-21-26-38-89)96-79(114)65(43-51(5)6)101-81(116)68(46-54(11)12)99-75(110)60(31-20-25-37-88)93-73(108)58(29-18-23-35-86)94-77(112)64(42-50(3)4)92-57(17)106/h49-56,58-71H,18-48,86-90H2,1-17H3,(H2,91,107)(H,92,106)(H,93,108)(H,94,112)(H,95,113)(H,96,114)(H,97,115)(H,98,109)(H,99,110)(H,100,111)(H,101,116)(H,102,118)(H,103,117)(H,104,119)/t58-,59-,60-,61-,62-,63-,64-,65-,66-,67-,68-,69-,70-,71-/m0/s1. The molecule has 120 heavy (non-hydrogen) atoms. The first kappa shape index (κ1) is 110. The first-order chi connectivity index (χ1) is 56.4. The molecule has 25 N–H and O–H groups in total. The van der Waals surface area contributed by atoms with Gasteiger partial charge in [-0.15, -0.1) is 0 Å². The summed E-state index contributed by atoms with van der Waals surface area (Å²) in [7, 11) is 0. The van der Waals surface area contributed by atoms with Gasteiger partial charge in [-0.05, 0) is 241 Å². The van der Waals surface area contributed by atoms with Crippen LogP contribution in [0, 0.1) is 47.3 Å². The minimum Gasteiger partial charge on any atom is -0.368 e. The normalized spacial score (nSPS) is 16.2. The number of hydrogen-bond donors (Lipinski definition) is 19. The Balaban J connectivity index is 3.73. The first-order valence-corrected chi connectivity index (χ1v) is 44.5. The van der Waals surface area contributed by atoms with Crippen molar-refractivity contribution in [3.8, 4) is 0 Å². The number of unbranched alkanes of at least 4 members (excludes halogenated alkanes) is 5. The number of hydrogen-bond acceptors (Lipinski definition) is 20. The summed E-state index contributed by atoms with van der Waals surface area (Å²) in [6.07, 6.45) is 6.84. The molecule has 0 aromatic heterocycles. The van der Waals surface area contributed by atoms with Crippen LogP contribution in [0.5, 0.6) is 0 Å². The van der Waals surface area contributed by atoms with Gasteiger partial charge in [0.15, 0.2) is 0 Å². The second kappa shape index (κ2) is 59.6. The van der Waals surface area contributed by atoms with Crippen LogP contribution in [0.15, 0.2) is 0 Å². The zero-order chi connectivity index (χ0) is 91.1. The summed E-state index contributed by atoms with van der Waals surface area (Å²) in [5.74, 6) is -11.1. The van der Waals surface area contributed by atoms with Crippen LogP contribution in [0.1, 0.15) is 278 Å². The maximum atomic E-state index is 15.1. The molecule has 14 atom stereocenters. The minimum atomic E-state index is -1.29. The summed E-state index contributed by atoms with van der Waals surface area (Å²) in [4.78, 5) is 215. The Morgan fingerprint density at radius 1 is 0.267 bits per heavy atom. The third-order valence-corrected chi connectivity index (χ3v) is 20.5. The third kappa shape index (κ3) is 44.6. The summed E-state index contributed by atoms with van der Waals surface area (Å²) in [5.41, 5.74) is 35.0. The molecule has 0 spiro atoms. The number of nitrogens with two attached hydrogens (primary N) is 6. The van der Waals surface area contributed by atoms with E-state index in [1.54, 1.807) is 0 Å². The van der Waals surface area contributed by atoms with Gasteiger partial charge in [0, 0.05) is 13.5 Å². The van der Waals surface area contributed by atoms with Gasteiger partial charge in [0.05, 0.1) is 0 Å². The fourth-order valence-corrected chi connectivity index (χ4v) is 14.4. The van der Waals surface area contributed by atoms with Gasteiger partial charge in [-0.2, -0.15) is 0 Å². The van der Waals surface area contributed by atoms with Gasteiger partial charge in [0.1, 0.15) is 84.6 Å². The SMILES string of the molecule is CC(=O)N[C@@H](CC(C)C)C(=O)N[C@@H](CCCCN)C(=O)N[C@@H](CCCCN)C(=O)N[C@@H](CC(C)C)C(=O)N[C@@H](CC(C)C)C(=O)N[C@@H](CCCCN)C(=O)N[C@@H](CC(C)C)C(=O)N[C@@H](CC(C)C)C(=O)N[C@@H](CCCCN)C(=O)N1CCC[C@H]1C(=O)N[C@@H](CC(C)C)C(=O)N[C@@H](CC(C)C)C(=O)N[C@@H](CCCCN)C(=O)N[C@@H](CC(C)C)C(N)=O. The van der Waals surface area contributed by atoms with Crippen LogP contribution in [0.3, 0.4) is 0 Å². The maximum absolute atomic E-state index is 15.1. The zero-order valence-corrected chi connectivity index (χ0v) is 75.7. The van der Waals surface area contributed by atoms with Gasteiger partial charge < -0.3 is 108 Å². The molecule has 0 unspecified atom stereocenters. The molecule has 1 rings (SSSR count). The average Bonchev–Trinajstić information content (AvgIpc) is 1.63. The number of nitrogens with one attached hydrogen (secondary N) is 13. The Morgan fingerprint density at radius 2 is 0.458 bits per heavy atom. The predicted octanol–water partition coefficient (Wildman–Crippen LogP) is 1.80. The van der Waals surface area contributed by atoms with E-state index < -0.39 is 173 Å². The molecule has 0 aliphatic carbocycles. The number of carbonyl (C=O) groups is 15. The molecule has 35 nitrogen and oxygen atoms in total. The van der Waals surface area contributed by atoms with E-state index in [0.717, 1.165) is 0 Å². The van der Waals surface area contributed by atoms with E-state index in [0.29, 0.717) is 90.1 Å². The van der Waals surface area contributed by atoms with Crippen molar-refractivity contribution in [1.82, 2.24) is 74.0 Å². The van der Waals surface area contributed by atoms with E-state index in [1.807, 2.05) is 111 Å². The largest absolute Gasteiger partial charge is 0.368 e. The van der Waals surface area contributed by atoms with E-state index in [1.165, 1.54) is 11.8 Å². The van der Waals surface area contributed by atoms with E-state index in [-0.39, 0.29) is 157 Å². The fourth-order valence-electron chi connectivity index (χ4n) is 14.4. The number of amides is 15. The van der Waals surface area contributed by atoms with E-state index in [2.05, 4.69) is 69.1 Å². The summed E-state index contributed by atoms with van der Waals surface area (Å²) in [5, 5.41) is 36.6. The van der Waals surface area contributed by atoms with Crippen LogP contribution >= 0.6 is 0 Å². The maximum Gasteiger partial charge on any atom is 0.245 e. The molecule has 690 valence electrons. The number of rotatable bonds is 63. The van der Waals surface area contributed by atoms with Gasteiger partial charge in [0.25, 0.3) is 0 Å². The van der Waals surface area contributed by atoms with Crippen molar-refractivity contribution in [2.75, 3.05) is 39.3 Å². The van der Waals surface area contributed by atoms with Crippen molar-refractivity contribution in [1.29, 1.82) is 0 Å². The molecule has 1 heterocycles. The van der Waals surface area contributed by atoms with Crippen molar-refractivity contribution in [2.24, 2.45) is 81.7 Å². The van der Waals surface area contributed by atoms with Crippen LogP contribution in [-0.4, -0.2) is 217 Å². The van der Waals surface area contributed by atoms with Crippen LogP contribution in [-0.2, 0) is 71.9 Å². The highest BCUT2D eigenvalue weighted by Gasteiger charge is 2.42. The predicted molar refractivity (Wildman–Crippen MR) is 465 cm³/mol. The smallest absolute Gasteiger partial charge is 0.245 e. The van der Waals surface area contributed by atoms with Gasteiger partial charge in [-0.1, -0.05) is 111 Å². The quantitative estimate of drug-likeness (QED) is 0.0386. The molecular formula is C85H160N20O15. The Hall–Kier alpha value is -8.15. The lowest BCUT2D eigenvalue weighted by molar-refractivity contribution is -0.143. The molecule has 35 heteroatoms. The summed E-state index contributed by atoms with van der Waals surface area (Å²) in [6.45, 7) is 32.5. The number of carbonyl (C=O) groups excluding carboxylic acids is 15. The molecule has 1 aliphatic rings. The van der Waals surface area contributed by atoms with Crippen molar-refractivity contribution in [3.05, 3.63) is 0 Å². The number of primary amides is 1. The Morgan fingerprint density at radius 3 is 0.683 bits per heavy atom. The van der Waals surface area contributed by atoms with Gasteiger partial charge in [-0.3, -0.25) is 71.9 Å². The lowest BCUT2D eigenvalue weighted by Gasteiger charge is -2.32. The highest BCUT2D eigenvalue weighted by atomic mass is 16.2. The summed E-state index contributed by atoms with van der Waals surface area (Å²) >= 11 is 0. The van der Waals surface area contributed by atoms with Crippen LogP contribution < -0.4 is 104 Å². The molecule has 0 saturated carbocycles. The molecule has 0 aromatic rings. The van der Waals surface area contributed by atoms with Gasteiger partial charge >= 0.3 is 0 Å². The van der Waals surface area contributed by atoms with E-state index in [4.69, 9.17) is 34.4 Å². The molecule has 1 aliphatic heterocycles. The molecule has 1 fully saturated rings. The lowest BCUT2D eigenvalue weighted by atomic mass is 9.98. The molecule has 0 aromatic carbocycles. The number of nitrogens with zero attached hydrogens (tertiary/aromatic N) is 1.